The van der Waals surface area contributed by atoms with Crippen molar-refractivity contribution in [2.45, 2.75) is 38.5 Å². The SMILES string of the molecule is NC(=O)C1CCCN(C(=O)CCCCC(=O)O)C1. The van der Waals surface area contributed by atoms with Crippen molar-refractivity contribution < 1.29 is 19.5 Å². The summed E-state index contributed by atoms with van der Waals surface area (Å²) in [5.41, 5.74) is 5.24. The molecule has 0 aromatic heterocycles. The van der Waals surface area contributed by atoms with Gasteiger partial charge in [0.15, 0.2) is 0 Å². The zero-order valence-corrected chi connectivity index (χ0v) is 10.4. The summed E-state index contributed by atoms with van der Waals surface area (Å²) in [5.74, 6) is -1.43. The van der Waals surface area contributed by atoms with Gasteiger partial charge in [0.2, 0.25) is 11.8 Å². The quantitative estimate of drug-likeness (QED) is 0.670. The van der Waals surface area contributed by atoms with E-state index in [9.17, 15) is 14.4 Å². The number of nitrogens with two attached hydrogens (primary N) is 1. The second-order valence-electron chi connectivity index (χ2n) is 4.68. The number of aliphatic carboxylic acids is 1. The van der Waals surface area contributed by atoms with Crippen LogP contribution in [0.4, 0.5) is 0 Å². The number of hydrogen-bond donors (Lipinski definition) is 2. The number of carboxylic acids is 1. The predicted molar refractivity (Wildman–Crippen MR) is 64.6 cm³/mol. The van der Waals surface area contributed by atoms with Gasteiger partial charge in [0.05, 0.1) is 5.92 Å². The average molecular weight is 256 g/mol. The van der Waals surface area contributed by atoms with E-state index in [4.69, 9.17) is 10.8 Å². The standard InChI is InChI=1S/C12H20N2O4/c13-12(18)9-4-3-7-14(8-9)10(15)5-1-2-6-11(16)17/h9H,1-8H2,(H2,13,18)(H,16,17). The smallest absolute Gasteiger partial charge is 0.303 e. The normalized spacial score (nSPS) is 19.6. The largest absolute Gasteiger partial charge is 0.481 e. The van der Waals surface area contributed by atoms with Crippen LogP contribution in [-0.2, 0) is 14.4 Å². The van der Waals surface area contributed by atoms with E-state index in [-0.39, 0.29) is 24.2 Å². The van der Waals surface area contributed by atoms with Crippen LogP contribution in [-0.4, -0.2) is 40.9 Å². The Morgan fingerprint density at radius 3 is 2.50 bits per heavy atom. The Balaban J connectivity index is 2.28. The number of amides is 2. The molecule has 6 heteroatoms. The number of nitrogens with zero attached hydrogens (tertiary/aromatic N) is 1. The lowest BCUT2D eigenvalue weighted by Crippen LogP contribution is -2.44. The molecule has 0 aromatic rings. The van der Waals surface area contributed by atoms with E-state index >= 15 is 0 Å². The molecule has 102 valence electrons. The summed E-state index contributed by atoms with van der Waals surface area (Å²) in [4.78, 5) is 34.9. The minimum Gasteiger partial charge on any atom is -0.481 e. The number of carbonyl (C=O) groups excluding carboxylic acids is 2. The van der Waals surface area contributed by atoms with Gasteiger partial charge in [-0.3, -0.25) is 14.4 Å². The maximum absolute atomic E-state index is 11.8. The monoisotopic (exact) mass is 256 g/mol. The van der Waals surface area contributed by atoms with Crippen LogP contribution >= 0.6 is 0 Å². The molecule has 0 spiro atoms. The second kappa shape index (κ2) is 6.98. The van der Waals surface area contributed by atoms with Crippen molar-refractivity contribution in [3.63, 3.8) is 0 Å². The molecule has 0 aliphatic carbocycles. The number of carbonyl (C=O) groups is 3. The summed E-state index contributed by atoms with van der Waals surface area (Å²) in [5, 5.41) is 8.48. The van der Waals surface area contributed by atoms with Crippen molar-refractivity contribution in [3.05, 3.63) is 0 Å². The van der Waals surface area contributed by atoms with E-state index in [0.29, 0.717) is 32.4 Å². The first-order valence-electron chi connectivity index (χ1n) is 6.29. The third-order valence-electron chi connectivity index (χ3n) is 3.21. The van der Waals surface area contributed by atoms with Gasteiger partial charge in [-0.05, 0) is 25.7 Å². The van der Waals surface area contributed by atoms with Gasteiger partial charge in [-0.1, -0.05) is 0 Å². The molecule has 6 nitrogen and oxygen atoms in total. The molecule has 1 saturated heterocycles. The first-order valence-corrected chi connectivity index (χ1v) is 6.29. The van der Waals surface area contributed by atoms with Crippen LogP contribution in [0.3, 0.4) is 0 Å². The third-order valence-corrected chi connectivity index (χ3v) is 3.21. The fourth-order valence-corrected chi connectivity index (χ4v) is 2.15. The highest BCUT2D eigenvalue weighted by molar-refractivity contribution is 5.80. The highest BCUT2D eigenvalue weighted by Gasteiger charge is 2.26. The van der Waals surface area contributed by atoms with Gasteiger partial charge in [0.1, 0.15) is 0 Å². The average Bonchev–Trinajstić information content (AvgIpc) is 2.34. The van der Waals surface area contributed by atoms with Crippen molar-refractivity contribution >= 4 is 17.8 Å². The number of piperidine rings is 1. The van der Waals surface area contributed by atoms with Crippen molar-refractivity contribution in [3.8, 4) is 0 Å². The number of unbranched alkanes of at least 4 members (excludes halogenated alkanes) is 1. The lowest BCUT2D eigenvalue weighted by Gasteiger charge is -2.31. The molecule has 3 N–H and O–H groups in total. The van der Waals surface area contributed by atoms with Gasteiger partial charge < -0.3 is 15.7 Å². The van der Waals surface area contributed by atoms with Crippen molar-refractivity contribution in [1.82, 2.24) is 4.90 Å². The summed E-state index contributed by atoms with van der Waals surface area (Å²) < 4.78 is 0. The zero-order valence-electron chi connectivity index (χ0n) is 10.4. The van der Waals surface area contributed by atoms with Gasteiger partial charge in [0.25, 0.3) is 0 Å². The van der Waals surface area contributed by atoms with Gasteiger partial charge >= 0.3 is 5.97 Å². The molecular weight excluding hydrogens is 236 g/mol. The summed E-state index contributed by atoms with van der Waals surface area (Å²) in [6.07, 6.45) is 3.07. The molecule has 18 heavy (non-hydrogen) atoms. The fraction of sp³-hybridized carbons (Fsp3) is 0.750. The molecule has 1 unspecified atom stereocenters. The van der Waals surface area contributed by atoms with Gasteiger partial charge in [0, 0.05) is 25.9 Å². The number of rotatable bonds is 6. The van der Waals surface area contributed by atoms with Gasteiger partial charge in [-0.25, -0.2) is 0 Å². The molecule has 1 aliphatic heterocycles. The minimum atomic E-state index is -0.839. The van der Waals surface area contributed by atoms with Crippen molar-refractivity contribution in [2.75, 3.05) is 13.1 Å². The van der Waals surface area contributed by atoms with E-state index in [1.165, 1.54) is 0 Å². The summed E-state index contributed by atoms with van der Waals surface area (Å²) in [6, 6.07) is 0. The van der Waals surface area contributed by atoms with Gasteiger partial charge in [-0.2, -0.15) is 0 Å². The van der Waals surface area contributed by atoms with E-state index in [1.807, 2.05) is 0 Å². The van der Waals surface area contributed by atoms with Crippen LogP contribution in [0.15, 0.2) is 0 Å². The lowest BCUT2D eigenvalue weighted by atomic mass is 9.97. The summed E-state index contributed by atoms with van der Waals surface area (Å²) in [6.45, 7) is 1.08. The number of carboxylic acid groups (broad SMARTS) is 1. The first-order chi connectivity index (χ1) is 8.50. The topological polar surface area (TPSA) is 101 Å². The second-order valence-corrected chi connectivity index (χ2v) is 4.68. The lowest BCUT2D eigenvalue weighted by molar-refractivity contribution is -0.138. The molecule has 0 radical (unpaired) electrons. The maximum Gasteiger partial charge on any atom is 0.303 e. The van der Waals surface area contributed by atoms with Crippen LogP contribution < -0.4 is 5.73 Å². The fourth-order valence-electron chi connectivity index (χ4n) is 2.15. The third kappa shape index (κ3) is 4.73. The Morgan fingerprint density at radius 1 is 1.22 bits per heavy atom. The van der Waals surface area contributed by atoms with Crippen LogP contribution in [0.25, 0.3) is 0 Å². The van der Waals surface area contributed by atoms with Crippen LogP contribution in [0.2, 0.25) is 0 Å². The molecule has 1 rings (SSSR count). The van der Waals surface area contributed by atoms with E-state index in [1.54, 1.807) is 4.90 Å². The molecule has 1 atom stereocenters. The Kier molecular flexibility index (Phi) is 5.61. The molecule has 0 aromatic carbocycles. The number of likely N-dealkylation sites (tertiary alicyclic amines) is 1. The predicted octanol–water partition coefficient (Wildman–Crippen LogP) is 0.355. The molecule has 0 bridgehead atoms. The Bertz CT molecular complexity index is 330. The van der Waals surface area contributed by atoms with Crippen LogP contribution in [0, 0.1) is 5.92 Å². The van der Waals surface area contributed by atoms with Gasteiger partial charge in [-0.15, -0.1) is 0 Å². The summed E-state index contributed by atoms with van der Waals surface area (Å²) in [7, 11) is 0. The minimum absolute atomic E-state index is 0.00802. The molecular formula is C12H20N2O4. The molecule has 1 heterocycles. The highest BCUT2D eigenvalue weighted by atomic mass is 16.4. The first kappa shape index (κ1) is 14.5. The van der Waals surface area contributed by atoms with Crippen LogP contribution in [0.1, 0.15) is 38.5 Å². The van der Waals surface area contributed by atoms with Crippen molar-refractivity contribution in [1.29, 1.82) is 0 Å². The maximum atomic E-state index is 11.8. The van der Waals surface area contributed by atoms with Crippen molar-refractivity contribution in [2.24, 2.45) is 11.7 Å². The molecule has 2 amide bonds. The highest BCUT2D eigenvalue weighted by Crippen LogP contribution is 2.17. The molecule has 1 fully saturated rings. The van der Waals surface area contributed by atoms with E-state index < -0.39 is 5.97 Å². The molecule has 0 saturated carbocycles. The number of primary amides is 1. The Morgan fingerprint density at radius 2 is 1.89 bits per heavy atom. The Labute approximate surface area is 106 Å². The summed E-state index contributed by atoms with van der Waals surface area (Å²) >= 11 is 0. The zero-order chi connectivity index (χ0) is 13.5. The molecule has 1 aliphatic rings. The Hall–Kier alpha value is -1.59. The van der Waals surface area contributed by atoms with E-state index in [0.717, 1.165) is 12.8 Å². The van der Waals surface area contributed by atoms with E-state index in [2.05, 4.69) is 0 Å². The van der Waals surface area contributed by atoms with Crippen LogP contribution in [0.5, 0.6) is 0 Å². The number of hydrogen-bond acceptors (Lipinski definition) is 3.